The van der Waals surface area contributed by atoms with Gasteiger partial charge in [-0.25, -0.2) is 4.79 Å². The number of thiophene rings is 1. The molecule has 140 valence electrons. The van der Waals surface area contributed by atoms with Gasteiger partial charge < -0.3 is 24.4 Å². The van der Waals surface area contributed by atoms with E-state index in [2.05, 4.69) is 5.32 Å². The van der Waals surface area contributed by atoms with Gasteiger partial charge in [0, 0.05) is 33.2 Å². The van der Waals surface area contributed by atoms with Gasteiger partial charge in [-0.15, -0.1) is 11.3 Å². The molecule has 2 aromatic rings. The van der Waals surface area contributed by atoms with Crippen molar-refractivity contribution in [2.45, 2.75) is 6.92 Å². The zero-order valence-corrected chi connectivity index (χ0v) is 15.7. The maximum atomic E-state index is 12.4. The maximum absolute atomic E-state index is 12.4. The zero-order chi connectivity index (χ0) is 18.7. The van der Waals surface area contributed by atoms with Crippen LogP contribution in [0.1, 0.15) is 17.4 Å². The molecule has 1 N–H and O–H groups in total. The van der Waals surface area contributed by atoms with Crippen molar-refractivity contribution in [3.63, 3.8) is 0 Å². The number of carbonyl (C=O) groups excluding carboxylic acids is 3. The third-order valence-electron chi connectivity index (χ3n) is 4.46. The first-order valence-electron chi connectivity index (χ1n) is 8.52. The molecule has 1 saturated heterocycles. The summed E-state index contributed by atoms with van der Waals surface area (Å²) in [7, 11) is 1.83. The predicted octanol–water partition coefficient (Wildman–Crippen LogP) is 1.27. The molecule has 0 unspecified atom stereocenters. The summed E-state index contributed by atoms with van der Waals surface area (Å²) in [6, 6.07) is 3.79. The topological polar surface area (TPSA) is 83.9 Å². The van der Waals surface area contributed by atoms with Crippen LogP contribution in [0.3, 0.4) is 0 Å². The molecular weight excluding hydrogens is 356 g/mol. The van der Waals surface area contributed by atoms with Gasteiger partial charge in [0.05, 0.1) is 23.4 Å². The normalized spacial score (nSPS) is 14.5. The summed E-state index contributed by atoms with van der Waals surface area (Å²) in [4.78, 5) is 39.6. The molecule has 3 heterocycles. The van der Waals surface area contributed by atoms with E-state index in [0.717, 1.165) is 10.2 Å². The summed E-state index contributed by atoms with van der Waals surface area (Å²) in [6.45, 7) is 3.79. The van der Waals surface area contributed by atoms with E-state index < -0.39 is 0 Å². The molecule has 0 aromatic carbocycles. The van der Waals surface area contributed by atoms with Gasteiger partial charge >= 0.3 is 6.09 Å². The van der Waals surface area contributed by atoms with Gasteiger partial charge in [0.2, 0.25) is 5.91 Å². The van der Waals surface area contributed by atoms with Gasteiger partial charge in [-0.05, 0) is 24.4 Å². The highest BCUT2D eigenvalue weighted by Gasteiger charge is 2.25. The Morgan fingerprint density at radius 2 is 1.88 bits per heavy atom. The van der Waals surface area contributed by atoms with Crippen LogP contribution in [0.5, 0.6) is 0 Å². The molecule has 2 aromatic heterocycles. The van der Waals surface area contributed by atoms with E-state index in [1.54, 1.807) is 28.1 Å². The number of rotatable bonds is 4. The molecule has 8 nitrogen and oxygen atoms in total. The first-order chi connectivity index (χ1) is 12.5. The molecule has 9 heteroatoms. The van der Waals surface area contributed by atoms with Crippen LogP contribution in [0, 0.1) is 0 Å². The average Bonchev–Trinajstić information content (AvgIpc) is 3.23. The molecule has 0 spiro atoms. The summed E-state index contributed by atoms with van der Waals surface area (Å²) in [5, 5.41) is 4.67. The molecule has 0 aliphatic carbocycles. The maximum Gasteiger partial charge on any atom is 0.409 e. The van der Waals surface area contributed by atoms with Crippen molar-refractivity contribution in [2.24, 2.45) is 7.05 Å². The van der Waals surface area contributed by atoms with Crippen molar-refractivity contribution in [1.82, 2.24) is 19.7 Å². The number of hydrogen-bond acceptors (Lipinski definition) is 5. The first-order valence-corrected chi connectivity index (χ1v) is 9.39. The summed E-state index contributed by atoms with van der Waals surface area (Å²) in [6.07, 6.45) is -0.350. The molecule has 1 aliphatic heterocycles. The van der Waals surface area contributed by atoms with E-state index in [1.807, 2.05) is 29.1 Å². The Labute approximate surface area is 155 Å². The van der Waals surface area contributed by atoms with Gasteiger partial charge in [-0.3, -0.25) is 9.59 Å². The Hall–Kier alpha value is -2.55. The summed E-state index contributed by atoms with van der Waals surface area (Å²) in [5.74, 6) is -0.424. The molecule has 0 atom stereocenters. The third-order valence-corrected chi connectivity index (χ3v) is 5.31. The molecule has 3 amide bonds. The highest BCUT2D eigenvalue weighted by molar-refractivity contribution is 7.17. The Bertz CT molecular complexity index is 820. The fourth-order valence-corrected chi connectivity index (χ4v) is 3.83. The molecule has 3 rings (SSSR count). The second-order valence-electron chi connectivity index (χ2n) is 6.01. The van der Waals surface area contributed by atoms with Crippen LogP contribution in [-0.2, 0) is 16.6 Å². The molecule has 0 radical (unpaired) electrons. The number of nitrogens with one attached hydrogen (secondary N) is 1. The lowest BCUT2D eigenvalue weighted by molar-refractivity contribution is -0.131. The largest absolute Gasteiger partial charge is 0.450 e. The van der Waals surface area contributed by atoms with Crippen LogP contribution in [0.2, 0.25) is 0 Å². The fraction of sp³-hybridized carbons (Fsp3) is 0.471. The monoisotopic (exact) mass is 378 g/mol. The first kappa shape index (κ1) is 18.2. The lowest BCUT2D eigenvalue weighted by atomic mass is 10.3. The third kappa shape index (κ3) is 3.67. The van der Waals surface area contributed by atoms with Crippen molar-refractivity contribution < 1.29 is 19.1 Å². The van der Waals surface area contributed by atoms with Gasteiger partial charge in [-0.1, -0.05) is 0 Å². The smallest absolute Gasteiger partial charge is 0.409 e. The van der Waals surface area contributed by atoms with Crippen LogP contribution in [0.4, 0.5) is 4.79 Å². The van der Waals surface area contributed by atoms with Crippen LogP contribution < -0.4 is 5.32 Å². The Kier molecular flexibility index (Phi) is 5.46. The lowest BCUT2D eigenvalue weighted by Gasteiger charge is -2.34. The summed E-state index contributed by atoms with van der Waals surface area (Å²) >= 11 is 1.57. The van der Waals surface area contributed by atoms with Gasteiger partial charge in [0.1, 0.15) is 5.69 Å². The van der Waals surface area contributed by atoms with Gasteiger partial charge in [0.15, 0.2) is 0 Å². The van der Waals surface area contributed by atoms with Crippen molar-refractivity contribution in [3.05, 3.63) is 23.2 Å². The fourth-order valence-electron chi connectivity index (χ4n) is 2.98. The minimum atomic E-state index is -0.350. The highest BCUT2D eigenvalue weighted by Crippen LogP contribution is 2.23. The van der Waals surface area contributed by atoms with E-state index in [9.17, 15) is 14.4 Å². The number of hydrogen-bond donors (Lipinski definition) is 1. The van der Waals surface area contributed by atoms with Crippen LogP contribution in [0.15, 0.2) is 17.5 Å². The molecular formula is C17H22N4O4S. The number of ether oxygens (including phenoxy) is 1. The number of nitrogens with zero attached hydrogens (tertiary/aromatic N) is 3. The van der Waals surface area contributed by atoms with Crippen LogP contribution >= 0.6 is 11.3 Å². The number of aryl methyl sites for hydroxylation is 1. The molecule has 1 aliphatic rings. The van der Waals surface area contributed by atoms with E-state index >= 15 is 0 Å². The second-order valence-corrected chi connectivity index (χ2v) is 6.96. The number of fused-ring (bicyclic) bond motifs is 1. The Morgan fingerprint density at radius 3 is 2.54 bits per heavy atom. The Morgan fingerprint density at radius 1 is 1.19 bits per heavy atom. The minimum Gasteiger partial charge on any atom is -0.450 e. The number of carbonyl (C=O) groups is 3. The standard InChI is InChI=1S/C17H22N4O4S/c1-3-25-17(24)21-7-5-20(6-8-21)15(22)11-18-16(23)13-10-14-12(19(13)2)4-9-26-14/h4,9-10H,3,5-8,11H2,1-2H3,(H,18,23). The minimum absolute atomic E-state index is 0.0585. The SMILES string of the molecule is CCOC(=O)N1CCN(C(=O)CNC(=O)c2cc3sccc3n2C)CC1. The van der Waals surface area contributed by atoms with Crippen molar-refractivity contribution in [3.8, 4) is 0 Å². The van der Waals surface area contributed by atoms with Crippen LogP contribution in [0.25, 0.3) is 10.2 Å². The van der Waals surface area contributed by atoms with E-state index in [1.165, 1.54) is 0 Å². The second kappa shape index (κ2) is 7.77. The van der Waals surface area contributed by atoms with E-state index in [0.29, 0.717) is 38.5 Å². The van der Waals surface area contributed by atoms with Crippen molar-refractivity contribution in [1.29, 1.82) is 0 Å². The lowest BCUT2D eigenvalue weighted by Crippen LogP contribution is -2.52. The molecule has 26 heavy (non-hydrogen) atoms. The Balaban J connectivity index is 1.50. The average molecular weight is 378 g/mol. The molecule has 0 saturated carbocycles. The van der Waals surface area contributed by atoms with Crippen LogP contribution in [-0.4, -0.2) is 71.6 Å². The summed E-state index contributed by atoms with van der Waals surface area (Å²) < 4.78 is 7.82. The number of aromatic nitrogens is 1. The van der Waals surface area contributed by atoms with Crippen molar-refractivity contribution >= 4 is 39.5 Å². The summed E-state index contributed by atoms with van der Waals surface area (Å²) in [5.41, 5.74) is 1.54. The predicted molar refractivity (Wildman–Crippen MR) is 98.3 cm³/mol. The number of amides is 3. The van der Waals surface area contributed by atoms with E-state index in [-0.39, 0.29) is 24.5 Å². The van der Waals surface area contributed by atoms with Gasteiger partial charge in [-0.2, -0.15) is 0 Å². The highest BCUT2D eigenvalue weighted by atomic mass is 32.1. The number of piperazine rings is 1. The molecule has 0 bridgehead atoms. The van der Waals surface area contributed by atoms with E-state index in [4.69, 9.17) is 4.74 Å². The van der Waals surface area contributed by atoms with Gasteiger partial charge in [0.25, 0.3) is 5.91 Å². The van der Waals surface area contributed by atoms with Crippen molar-refractivity contribution in [2.75, 3.05) is 39.3 Å². The molecule has 1 fully saturated rings. The zero-order valence-electron chi connectivity index (χ0n) is 14.9. The quantitative estimate of drug-likeness (QED) is 0.868.